The quantitative estimate of drug-likeness (QED) is 0.337. The molecule has 4 rings (SSSR count). The third kappa shape index (κ3) is 5.91. The molecule has 4 fully saturated rings. The fourth-order valence-corrected chi connectivity index (χ4v) is 13.0. The maximum absolute atomic E-state index is 12.7. The summed E-state index contributed by atoms with van der Waals surface area (Å²) < 4.78 is 119. The highest BCUT2D eigenvalue weighted by Gasteiger charge is 2.67. The molecular formula is C9H18O18P6. The van der Waals surface area contributed by atoms with E-state index in [1.54, 1.807) is 0 Å². The molecule has 192 valence electrons. The zero-order chi connectivity index (χ0) is 24.8. The molecule has 3 aliphatic heterocycles. The van der Waals surface area contributed by atoms with Crippen molar-refractivity contribution in [1.82, 2.24) is 0 Å². The van der Waals surface area contributed by atoms with Crippen LogP contribution in [0.2, 0.25) is 0 Å². The van der Waals surface area contributed by atoms with Crippen LogP contribution in [-0.2, 0) is 67.5 Å². The first kappa shape index (κ1) is 26.9. The summed E-state index contributed by atoms with van der Waals surface area (Å²) >= 11 is 0. The standard InChI is InChI=1S/C9H18O18P6/c1-28(10)19-4-5(20-29(2,11)25-28)8-9(24-33(17,18)27-32(15,16)23-8)7-6(4)21-30(3,12)26-31(13,14)22-7/h4-9H,1-3H3,(H,13,14)(H,15,16)(H,17,18). The maximum atomic E-state index is 12.7. The van der Waals surface area contributed by atoms with E-state index in [2.05, 4.69) is 8.62 Å². The Bertz CT molecular complexity index is 899. The van der Waals surface area contributed by atoms with Crippen molar-refractivity contribution < 1.29 is 82.1 Å². The highest BCUT2D eigenvalue weighted by atomic mass is 31.3. The Morgan fingerprint density at radius 3 is 1.00 bits per heavy atom. The molecule has 18 nitrogen and oxygen atoms in total. The summed E-state index contributed by atoms with van der Waals surface area (Å²) in [5, 5.41) is 0. The highest BCUT2D eigenvalue weighted by molar-refractivity contribution is 7.66. The van der Waals surface area contributed by atoms with E-state index in [0.717, 1.165) is 20.0 Å². The van der Waals surface area contributed by atoms with Gasteiger partial charge in [0.2, 0.25) is 0 Å². The Balaban J connectivity index is 1.92. The molecule has 3 heterocycles. The summed E-state index contributed by atoms with van der Waals surface area (Å²) in [4.78, 5) is 29.7. The van der Waals surface area contributed by atoms with Crippen LogP contribution in [0.4, 0.5) is 0 Å². The number of hydrogen-bond acceptors (Lipinski definition) is 15. The molecule has 4 aliphatic rings. The lowest BCUT2D eigenvalue weighted by Crippen LogP contribution is -2.65. The van der Waals surface area contributed by atoms with Gasteiger partial charge in [-0.2, -0.15) is 4.31 Å². The van der Waals surface area contributed by atoms with E-state index in [4.69, 9.17) is 31.5 Å². The van der Waals surface area contributed by atoms with Crippen molar-refractivity contribution in [3.8, 4) is 0 Å². The van der Waals surface area contributed by atoms with E-state index in [9.17, 15) is 42.1 Å². The van der Waals surface area contributed by atoms with Crippen LogP contribution >= 0.6 is 46.3 Å². The summed E-state index contributed by atoms with van der Waals surface area (Å²) in [5.74, 6) is 0. The lowest BCUT2D eigenvalue weighted by Gasteiger charge is -2.45. The summed E-state index contributed by atoms with van der Waals surface area (Å²) in [6.45, 7) is 2.54. The van der Waals surface area contributed by atoms with Gasteiger partial charge in [0.15, 0.2) is 0 Å². The Morgan fingerprint density at radius 1 is 0.424 bits per heavy atom. The van der Waals surface area contributed by atoms with Gasteiger partial charge in [-0.3, -0.25) is 40.8 Å². The summed E-state index contributed by atoms with van der Waals surface area (Å²) in [5.41, 5.74) is 0. The molecule has 3 N–H and O–H groups in total. The summed E-state index contributed by atoms with van der Waals surface area (Å²) in [6.07, 6.45) is -11.8. The first-order chi connectivity index (χ1) is 14.7. The molecule has 0 aromatic rings. The molecule has 0 bridgehead atoms. The fourth-order valence-electron chi connectivity index (χ4n) is 3.67. The molecule has 3 saturated heterocycles. The van der Waals surface area contributed by atoms with Gasteiger partial charge in [-0.1, -0.05) is 0 Å². The van der Waals surface area contributed by atoms with Gasteiger partial charge in [0.25, 0.3) is 0 Å². The van der Waals surface area contributed by atoms with Crippen LogP contribution in [0.5, 0.6) is 0 Å². The van der Waals surface area contributed by atoms with Crippen molar-refractivity contribution in [2.24, 2.45) is 0 Å². The van der Waals surface area contributed by atoms with Crippen molar-refractivity contribution >= 4 is 46.3 Å². The molecule has 0 radical (unpaired) electrons. The minimum absolute atomic E-state index is 0.777. The van der Waals surface area contributed by atoms with Crippen molar-refractivity contribution in [2.45, 2.75) is 36.6 Å². The Kier molecular flexibility index (Phi) is 6.70. The number of fused-ring (bicyclic) bond motifs is 6. The van der Waals surface area contributed by atoms with E-state index in [0.29, 0.717) is 0 Å². The first-order valence-electron chi connectivity index (χ1n) is 8.64. The molecule has 0 aromatic carbocycles. The molecule has 33 heavy (non-hydrogen) atoms. The van der Waals surface area contributed by atoms with Crippen LogP contribution in [0.15, 0.2) is 0 Å². The van der Waals surface area contributed by atoms with Gasteiger partial charge in [-0.05, 0) is 0 Å². The zero-order valence-electron chi connectivity index (χ0n) is 16.6. The monoisotopic (exact) mass is 600 g/mol. The maximum Gasteiger partial charge on any atom is 0.481 e. The van der Waals surface area contributed by atoms with Gasteiger partial charge in [0.1, 0.15) is 36.6 Å². The molecule has 1 aliphatic carbocycles. The van der Waals surface area contributed by atoms with Gasteiger partial charge in [-0.15, -0.1) is 0 Å². The number of phosphoric acid groups is 3. The van der Waals surface area contributed by atoms with Crippen LogP contribution in [0.1, 0.15) is 0 Å². The first-order valence-corrected chi connectivity index (χ1v) is 19.1. The Morgan fingerprint density at radius 2 is 0.667 bits per heavy atom. The van der Waals surface area contributed by atoms with Crippen LogP contribution in [0.25, 0.3) is 0 Å². The van der Waals surface area contributed by atoms with E-state index in [1.807, 2.05) is 0 Å². The number of phosphoric ester groups is 3. The second-order valence-electron chi connectivity index (χ2n) is 7.38. The van der Waals surface area contributed by atoms with Crippen LogP contribution < -0.4 is 0 Å². The van der Waals surface area contributed by atoms with E-state index in [1.165, 1.54) is 0 Å². The lowest BCUT2D eigenvalue weighted by atomic mass is 9.85. The third-order valence-corrected chi connectivity index (χ3v) is 13.8. The van der Waals surface area contributed by atoms with Gasteiger partial charge >= 0.3 is 46.3 Å². The second-order valence-corrected chi connectivity index (χ2v) is 18.0. The van der Waals surface area contributed by atoms with Crippen LogP contribution in [0.3, 0.4) is 0 Å². The normalized spacial score (nSPS) is 62.0. The topological polar surface area (TPSA) is 246 Å². The number of hydrogen-bond donors (Lipinski definition) is 3. The number of rotatable bonds is 0. The third-order valence-electron chi connectivity index (χ3n) is 4.40. The van der Waals surface area contributed by atoms with Crippen LogP contribution in [0, 0.1) is 0 Å². The molecule has 12 unspecified atom stereocenters. The smallest absolute Gasteiger partial charge is 0.302 e. The molecule has 0 spiro atoms. The Hall–Kier alpha value is 0.900. The van der Waals surface area contributed by atoms with Crippen molar-refractivity contribution in [3.63, 3.8) is 0 Å². The van der Waals surface area contributed by atoms with Gasteiger partial charge in [-0.25, -0.2) is 22.3 Å². The molecule has 1 saturated carbocycles. The largest absolute Gasteiger partial charge is 0.481 e. The fraction of sp³-hybridized carbons (Fsp3) is 1.00. The zero-order valence-corrected chi connectivity index (χ0v) is 22.0. The average molecular weight is 600 g/mol. The van der Waals surface area contributed by atoms with Crippen molar-refractivity contribution in [2.75, 3.05) is 20.0 Å². The average Bonchev–Trinajstić information content (AvgIpc) is 2.74. The van der Waals surface area contributed by atoms with Gasteiger partial charge < -0.3 is 14.7 Å². The molecule has 0 aromatic heterocycles. The highest BCUT2D eigenvalue weighted by Crippen LogP contribution is 2.73. The molecule has 0 amide bonds. The van der Waals surface area contributed by atoms with Crippen molar-refractivity contribution in [3.05, 3.63) is 0 Å². The minimum atomic E-state index is -5.41. The summed E-state index contributed by atoms with van der Waals surface area (Å²) in [6, 6.07) is 0. The Labute approximate surface area is 185 Å². The molecular weight excluding hydrogens is 582 g/mol. The molecule has 12 atom stereocenters. The van der Waals surface area contributed by atoms with Crippen LogP contribution in [-0.4, -0.2) is 71.3 Å². The minimum Gasteiger partial charge on any atom is -0.302 e. The van der Waals surface area contributed by atoms with Crippen molar-refractivity contribution in [1.29, 1.82) is 0 Å². The van der Waals surface area contributed by atoms with E-state index in [-0.39, 0.29) is 0 Å². The predicted molar refractivity (Wildman–Crippen MR) is 103 cm³/mol. The van der Waals surface area contributed by atoms with E-state index < -0.39 is 82.9 Å². The SMILES string of the molecule is CP1(=O)OC2C(OP(C)(=O)O1)C1OP(=O)(O)OP(=O)(O)OC1C1OP(=O)(O)OP(C)(=O)OC21. The van der Waals surface area contributed by atoms with Gasteiger partial charge in [0.05, 0.1) is 0 Å². The second kappa shape index (κ2) is 8.20. The lowest BCUT2D eigenvalue weighted by molar-refractivity contribution is -0.181. The molecule has 24 heteroatoms. The predicted octanol–water partition coefficient (Wildman–Crippen LogP) is 2.17. The van der Waals surface area contributed by atoms with Gasteiger partial charge in [0, 0.05) is 20.0 Å². The summed E-state index contributed by atoms with van der Waals surface area (Å²) in [7, 11) is -29.0. The van der Waals surface area contributed by atoms with E-state index >= 15 is 0 Å².